The van der Waals surface area contributed by atoms with Gasteiger partial charge in [-0.2, -0.15) is 5.10 Å². The second-order valence-electron chi connectivity index (χ2n) is 5.43. The van der Waals surface area contributed by atoms with Crippen LogP contribution in [0, 0.1) is 6.92 Å². The van der Waals surface area contributed by atoms with Gasteiger partial charge in [-0.15, -0.1) is 0 Å². The number of aryl methyl sites for hydroxylation is 1. The largest absolute Gasteiger partial charge is 0.310 e. The van der Waals surface area contributed by atoms with Gasteiger partial charge < -0.3 is 5.32 Å². The molecule has 1 N–H and O–H groups in total. The fourth-order valence-electron chi connectivity index (χ4n) is 2.47. The summed E-state index contributed by atoms with van der Waals surface area (Å²) in [6, 6.07) is 7.04. The van der Waals surface area contributed by atoms with Crippen molar-refractivity contribution in [2.45, 2.75) is 45.8 Å². The molecule has 0 amide bonds. The lowest BCUT2D eigenvalue weighted by Gasteiger charge is -2.08. The van der Waals surface area contributed by atoms with Crippen LogP contribution < -0.4 is 5.32 Å². The maximum absolute atomic E-state index is 6.45. The molecule has 0 bridgehead atoms. The van der Waals surface area contributed by atoms with E-state index in [4.69, 9.17) is 11.6 Å². The van der Waals surface area contributed by atoms with Crippen LogP contribution in [0.15, 0.2) is 24.4 Å². The maximum atomic E-state index is 6.45. The molecule has 1 saturated carbocycles. The Balaban J connectivity index is 1.83. The molecular formula is C16H20ClN3. The highest BCUT2D eigenvalue weighted by Gasteiger charge is 2.20. The minimum atomic E-state index is 0.721. The van der Waals surface area contributed by atoms with Crippen LogP contribution in [0.5, 0.6) is 0 Å². The topological polar surface area (TPSA) is 29.9 Å². The molecule has 1 aromatic carbocycles. The second-order valence-corrected chi connectivity index (χ2v) is 5.84. The zero-order valence-electron chi connectivity index (χ0n) is 12.0. The van der Waals surface area contributed by atoms with E-state index in [1.807, 2.05) is 10.9 Å². The average molecular weight is 290 g/mol. The van der Waals surface area contributed by atoms with E-state index >= 15 is 0 Å². The first-order chi connectivity index (χ1) is 9.69. The highest BCUT2D eigenvalue weighted by Crippen LogP contribution is 2.31. The molecule has 1 aliphatic carbocycles. The molecule has 4 heteroatoms. The Bertz CT molecular complexity index is 614. The van der Waals surface area contributed by atoms with Crippen molar-refractivity contribution in [1.82, 2.24) is 15.1 Å². The number of halogens is 1. The third-order valence-electron chi connectivity index (χ3n) is 3.90. The summed E-state index contributed by atoms with van der Waals surface area (Å²) >= 11 is 6.45. The van der Waals surface area contributed by atoms with Gasteiger partial charge >= 0.3 is 0 Å². The Hall–Kier alpha value is -1.32. The van der Waals surface area contributed by atoms with Crippen LogP contribution >= 0.6 is 11.6 Å². The Morgan fingerprint density at radius 3 is 2.75 bits per heavy atom. The van der Waals surface area contributed by atoms with Gasteiger partial charge in [0.25, 0.3) is 0 Å². The molecule has 20 heavy (non-hydrogen) atoms. The fourth-order valence-corrected chi connectivity index (χ4v) is 2.77. The first kappa shape index (κ1) is 13.7. The molecule has 0 atom stereocenters. The number of nitrogens with zero attached hydrogens (tertiary/aromatic N) is 2. The summed E-state index contributed by atoms with van der Waals surface area (Å²) in [6.07, 6.45) is 4.52. The Labute approximate surface area is 124 Å². The molecule has 0 saturated heterocycles. The van der Waals surface area contributed by atoms with E-state index in [0.717, 1.165) is 35.3 Å². The van der Waals surface area contributed by atoms with Crippen LogP contribution in [0.3, 0.4) is 0 Å². The zero-order valence-corrected chi connectivity index (χ0v) is 12.7. The van der Waals surface area contributed by atoms with Crippen molar-refractivity contribution in [3.8, 4) is 11.1 Å². The molecule has 3 nitrogen and oxygen atoms in total. The van der Waals surface area contributed by atoms with E-state index in [1.54, 1.807) is 0 Å². The van der Waals surface area contributed by atoms with Crippen molar-refractivity contribution in [3.05, 3.63) is 40.7 Å². The third-order valence-corrected chi connectivity index (χ3v) is 4.21. The Morgan fingerprint density at radius 2 is 2.15 bits per heavy atom. The molecular weight excluding hydrogens is 270 g/mol. The molecule has 1 fully saturated rings. The molecule has 0 aliphatic heterocycles. The average Bonchev–Trinajstić information content (AvgIpc) is 3.20. The summed E-state index contributed by atoms with van der Waals surface area (Å²) in [6.45, 7) is 5.97. The summed E-state index contributed by atoms with van der Waals surface area (Å²) in [5.41, 5.74) is 4.60. The lowest BCUT2D eigenvalue weighted by molar-refractivity contribution is 0.640. The first-order valence-electron chi connectivity index (χ1n) is 7.23. The van der Waals surface area contributed by atoms with E-state index in [0.29, 0.717) is 0 Å². The van der Waals surface area contributed by atoms with E-state index < -0.39 is 0 Å². The van der Waals surface area contributed by atoms with Gasteiger partial charge in [0.05, 0.1) is 6.20 Å². The summed E-state index contributed by atoms with van der Waals surface area (Å²) in [5, 5.41) is 8.70. The smallest absolute Gasteiger partial charge is 0.0571 e. The number of hydrogen-bond acceptors (Lipinski definition) is 2. The lowest BCUT2D eigenvalue weighted by atomic mass is 10.0. The van der Waals surface area contributed by atoms with Gasteiger partial charge in [0.1, 0.15) is 0 Å². The Morgan fingerprint density at radius 1 is 1.35 bits per heavy atom. The minimum Gasteiger partial charge on any atom is -0.310 e. The highest BCUT2D eigenvalue weighted by atomic mass is 35.5. The molecule has 2 aromatic rings. The summed E-state index contributed by atoms with van der Waals surface area (Å²) in [5.74, 6) is 0. The molecule has 1 aromatic heterocycles. The van der Waals surface area contributed by atoms with Crippen molar-refractivity contribution < 1.29 is 0 Å². The Kier molecular flexibility index (Phi) is 3.81. The van der Waals surface area contributed by atoms with Gasteiger partial charge in [0.15, 0.2) is 0 Å². The highest BCUT2D eigenvalue weighted by molar-refractivity contribution is 6.33. The molecule has 3 rings (SSSR count). The van der Waals surface area contributed by atoms with Gasteiger partial charge in [-0.1, -0.05) is 23.7 Å². The quantitative estimate of drug-likeness (QED) is 0.908. The SMILES string of the molecule is CCn1ncc(-c2ccc(CNC3CC3)cc2Cl)c1C. The molecule has 0 spiro atoms. The number of benzene rings is 1. The monoisotopic (exact) mass is 289 g/mol. The molecule has 1 aliphatic rings. The van der Waals surface area contributed by atoms with Crippen molar-refractivity contribution in [2.24, 2.45) is 0 Å². The fraction of sp³-hybridized carbons (Fsp3) is 0.438. The van der Waals surface area contributed by atoms with Crippen LogP contribution in [0.1, 0.15) is 31.0 Å². The van der Waals surface area contributed by atoms with Crippen LogP contribution in [0.2, 0.25) is 5.02 Å². The molecule has 0 unspecified atom stereocenters. The number of nitrogens with one attached hydrogen (secondary N) is 1. The van der Waals surface area contributed by atoms with Crippen molar-refractivity contribution in [2.75, 3.05) is 0 Å². The van der Waals surface area contributed by atoms with Crippen LogP contribution in [-0.2, 0) is 13.1 Å². The van der Waals surface area contributed by atoms with Crippen molar-refractivity contribution in [1.29, 1.82) is 0 Å². The van der Waals surface area contributed by atoms with Crippen LogP contribution in [0.25, 0.3) is 11.1 Å². The van der Waals surface area contributed by atoms with Gasteiger partial charge in [0.2, 0.25) is 0 Å². The molecule has 1 heterocycles. The third kappa shape index (κ3) is 2.74. The van der Waals surface area contributed by atoms with Gasteiger partial charge in [-0.3, -0.25) is 4.68 Å². The summed E-state index contributed by atoms with van der Waals surface area (Å²) in [7, 11) is 0. The van der Waals surface area contributed by atoms with E-state index in [2.05, 4.69) is 42.5 Å². The number of rotatable bonds is 5. The van der Waals surface area contributed by atoms with E-state index in [-0.39, 0.29) is 0 Å². The van der Waals surface area contributed by atoms with Crippen LogP contribution in [-0.4, -0.2) is 15.8 Å². The minimum absolute atomic E-state index is 0.721. The van der Waals surface area contributed by atoms with E-state index in [9.17, 15) is 0 Å². The predicted molar refractivity (Wildman–Crippen MR) is 82.9 cm³/mol. The van der Waals surface area contributed by atoms with Crippen molar-refractivity contribution >= 4 is 11.6 Å². The van der Waals surface area contributed by atoms with Gasteiger partial charge in [-0.25, -0.2) is 0 Å². The van der Waals surface area contributed by atoms with Crippen LogP contribution in [0.4, 0.5) is 0 Å². The lowest BCUT2D eigenvalue weighted by Crippen LogP contribution is -2.15. The second kappa shape index (κ2) is 5.58. The number of hydrogen-bond donors (Lipinski definition) is 1. The van der Waals surface area contributed by atoms with Gasteiger partial charge in [-0.05, 0) is 38.3 Å². The maximum Gasteiger partial charge on any atom is 0.0571 e. The number of aromatic nitrogens is 2. The van der Waals surface area contributed by atoms with E-state index in [1.165, 1.54) is 24.1 Å². The standard InChI is InChI=1S/C16H20ClN3/c1-3-20-11(2)15(10-19-20)14-7-4-12(8-16(14)17)9-18-13-5-6-13/h4,7-8,10,13,18H,3,5-6,9H2,1-2H3. The normalized spacial score (nSPS) is 14.8. The summed E-state index contributed by atoms with van der Waals surface area (Å²) in [4.78, 5) is 0. The van der Waals surface area contributed by atoms with Crippen molar-refractivity contribution in [3.63, 3.8) is 0 Å². The van der Waals surface area contributed by atoms with Gasteiger partial charge in [0, 0.05) is 41.0 Å². The molecule has 0 radical (unpaired) electrons. The zero-order chi connectivity index (χ0) is 14.1. The molecule has 106 valence electrons. The predicted octanol–water partition coefficient (Wildman–Crippen LogP) is 3.78. The first-order valence-corrected chi connectivity index (χ1v) is 7.61. The summed E-state index contributed by atoms with van der Waals surface area (Å²) < 4.78 is 1.99.